The molecule has 0 saturated heterocycles. The van der Waals surface area contributed by atoms with Crippen LogP contribution in [0.5, 0.6) is 0 Å². The Morgan fingerprint density at radius 1 is 0.868 bits per heavy atom. The number of ether oxygens (including phenoxy) is 1. The second-order valence-corrected chi connectivity index (χ2v) is 18.9. The normalized spacial score (nSPS) is 13.6. The molecule has 2 aliphatic rings. The van der Waals surface area contributed by atoms with Gasteiger partial charge in [0.05, 0.1) is 23.6 Å². The largest absolute Gasteiger partial charge is 0.445 e. The molecule has 0 fully saturated rings. The van der Waals surface area contributed by atoms with Gasteiger partial charge in [0.25, 0.3) is 0 Å². The first-order chi connectivity index (χ1) is 36.7. The molecule has 8 amide bonds. The molecule has 0 aliphatic carbocycles. The number of H-pyrrole nitrogens is 1. The Labute approximate surface area is 438 Å². The summed E-state index contributed by atoms with van der Waals surface area (Å²) in [5.41, 5.74) is 14.2. The monoisotopic (exact) mass is 1030 g/mol. The molecule has 0 saturated carbocycles. The lowest BCUT2D eigenvalue weighted by atomic mass is 9.99. The van der Waals surface area contributed by atoms with Crippen LogP contribution in [0.15, 0.2) is 85.3 Å². The van der Waals surface area contributed by atoms with Crippen LogP contribution in [0.2, 0.25) is 0 Å². The molecule has 0 radical (unpaired) electrons. The number of urea groups is 1. The molecule has 2 aliphatic heterocycles. The van der Waals surface area contributed by atoms with Gasteiger partial charge in [-0.25, -0.2) is 24.1 Å². The van der Waals surface area contributed by atoms with Crippen LogP contribution in [0, 0.1) is 24.7 Å². The van der Waals surface area contributed by atoms with Crippen LogP contribution in [0.4, 0.5) is 21.0 Å². The third-order valence-electron chi connectivity index (χ3n) is 12.9. The highest BCUT2D eigenvalue weighted by Gasteiger charge is 2.30. The highest BCUT2D eigenvalue weighted by Crippen LogP contribution is 2.30. The number of anilines is 2. The van der Waals surface area contributed by atoms with Crippen molar-refractivity contribution in [2.45, 2.75) is 97.5 Å². The molecular formula is C54H60N14O8. The average Bonchev–Trinajstić information content (AvgIpc) is 4.15. The molecule has 8 N–H and O–H groups in total. The highest BCUT2D eigenvalue weighted by atomic mass is 16.6. The zero-order valence-corrected chi connectivity index (χ0v) is 42.5. The van der Waals surface area contributed by atoms with Crippen molar-refractivity contribution in [3.63, 3.8) is 0 Å². The van der Waals surface area contributed by atoms with Crippen LogP contribution in [0.1, 0.15) is 80.6 Å². The van der Waals surface area contributed by atoms with Crippen molar-refractivity contribution in [3.8, 4) is 34.5 Å². The smallest absolute Gasteiger partial charge is 0.410 e. The van der Waals surface area contributed by atoms with Crippen molar-refractivity contribution in [1.29, 1.82) is 0 Å². The van der Waals surface area contributed by atoms with Gasteiger partial charge in [-0.3, -0.25) is 33.9 Å². The number of imide groups is 1. The van der Waals surface area contributed by atoms with Crippen LogP contribution in [-0.4, -0.2) is 113 Å². The second-order valence-electron chi connectivity index (χ2n) is 18.9. The number of aryl methyl sites for hydroxylation is 1. The molecule has 2 atom stereocenters. The number of nitrogens with one attached hydrogen (secondary N) is 6. The van der Waals surface area contributed by atoms with Crippen LogP contribution in [0.3, 0.4) is 0 Å². The third-order valence-corrected chi connectivity index (χ3v) is 12.9. The standard InChI is InChI=1S/C54H60N14O8/c1-33(2)48(65-45(69)12-5-4-6-25-67-46(70)21-22-47(67)71)52(73)62-42(11-8-24-56-53(55)74)51(72)61-39-17-13-35(14-18-39)31-76-54(75)66-26-23-36-27-40(19-15-37(36)29-66)57-28-43-63-49(38-16-20-44-58-32-59-68(44)30-38)50(64-43)41-10-7-9-34(3)60-41/h7,9-10,13-20,27,30,32-33,42,48,57H,4-6,8,11-12,23-26,28-29,31H2,1-3H3,(H,61,72)(H,62,73)(H,63,64)(H,65,69)(H3,55,56,74)/t42-,48-/m0/s1. The second kappa shape index (κ2) is 24.7. The van der Waals surface area contributed by atoms with E-state index in [0.717, 1.165) is 61.5 Å². The van der Waals surface area contributed by atoms with Gasteiger partial charge >= 0.3 is 23.9 Å². The van der Waals surface area contributed by atoms with Crippen LogP contribution < -0.4 is 32.3 Å². The zero-order chi connectivity index (χ0) is 53.7. The molecule has 2 aromatic carbocycles. The van der Waals surface area contributed by atoms with Crippen LogP contribution >= 0.6 is 0 Å². The first-order valence-electron chi connectivity index (χ1n) is 25.2. The molecule has 4 aromatic heterocycles. The molecule has 8 rings (SSSR count). The topological polar surface area (TPSA) is 293 Å². The number of fused-ring (bicyclic) bond motifs is 2. The van der Waals surface area contributed by atoms with Gasteiger partial charge < -0.3 is 46.9 Å². The van der Waals surface area contributed by atoms with E-state index < -0.39 is 47.8 Å². The number of primary amides is 1. The van der Waals surface area contributed by atoms with Gasteiger partial charge in [-0.1, -0.05) is 44.5 Å². The van der Waals surface area contributed by atoms with Crippen molar-refractivity contribution in [2.24, 2.45) is 11.7 Å². The lowest BCUT2D eigenvalue weighted by Gasteiger charge is -2.28. The maximum absolute atomic E-state index is 13.7. The fraction of sp³-hybridized carbons (Fsp3) is 0.352. The summed E-state index contributed by atoms with van der Waals surface area (Å²) in [5.74, 6) is 2.33. The van der Waals surface area contributed by atoms with Gasteiger partial charge in [0, 0.05) is 73.3 Å². The predicted octanol–water partition coefficient (Wildman–Crippen LogP) is 4.74. The number of hydrogen-bond donors (Lipinski definition) is 7. The van der Waals surface area contributed by atoms with E-state index >= 15 is 0 Å². The van der Waals surface area contributed by atoms with Crippen molar-refractivity contribution >= 4 is 58.7 Å². The van der Waals surface area contributed by atoms with E-state index in [4.69, 9.17) is 20.4 Å². The van der Waals surface area contributed by atoms with Gasteiger partial charge in [0.1, 0.15) is 30.8 Å². The van der Waals surface area contributed by atoms with Crippen LogP contribution in [-0.2, 0) is 54.8 Å². The number of amides is 8. The number of aromatic nitrogens is 6. The number of carbonyl (C=O) groups is 7. The Balaban J connectivity index is 0.804. The number of imidazole rings is 1. The molecule has 394 valence electrons. The summed E-state index contributed by atoms with van der Waals surface area (Å²) in [5, 5.41) is 18.7. The van der Waals surface area contributed by atoms with E-state index in [1.807, 2.05) is 55.6 Å². The number of rotatable bonds is 23. The summed E-state index contributed by atoms with van der Waals surface area (Å²) < 4.78 is 7.43. The summed E-state index contributed by atoms with van der Waals surface area (Å²) in [7, 11) is 0. The lowest BCUT2D eigenvalue weighted by molar-refractivity contribution is -0.136. The average molecular weight is 1030 g/mol. The Hall–Kier alpha value is -9.13. The Morgan fingerprint density at radius 2 is 1.66 bits per heavy atom. The van der Waals surface area contributed by atoms with Gasteiger partial charge in [-0.2, -0.15) is 5.10 Å². The van der Waals surface area contributed by atoms with Crippen LogP contribution in [0.25, 0.3) is 28.3 Å². The number of carbonyl (C=O) groups excluding carboxylic acids is 7. The number of nitrogens with two attached hydrogens (primary N) is 1. The summed E-state index contributed by atoms with van der Waals surface area (Å²) in [6.07, 6.45) is 5.66. The number of nitrogens with zero attached hydrogens (tertiary/aromatic N) is 7. The quantitative estimate of drug-likeness (QED) is 0.0260. The van der Waals surface area contributed by atoms with Gasteiger partial charge in [-0.05, 0) is 110 Å². The number of aromatic amines is 1. The first-order valence-corrected chi connectivity index (χ1v) is 25.2. The Morgan fingerprint density at radius 3 is 2.42 bits per heavy atom. The van der Waals surface area contributed by atoms with Gasteiger partial charge in [0.15, 0.2) is 5.65 Å². The molecule has 0 spiro atoms. The predicted molar refractivity (Wildman–Crippen MR) is 280 cm³/mol. The van der Waals surface area contributed by atoms with E-state index in [0.29, 0.717) is 63.0 Å². The molecule has 76 heavy (non-hydrogen) atoms. The molecule has 22 nitrogen and oxygen atoms in total. The maximum atomic E-state index is 13.7. The maximum Gasteiger partial charge on any atom is 0.410 e. The molecule has 6 heterocycles. The van der Waals surface area contributed by atoms with Gasteiger partial charge in [-0.15, -0.1) is 0 Å². The fourth-order valence-corrected chi connectivity index (χ4v) is 8.79. The van der Waals surface area contributed by atoms with E-state index in [2.05, 4.69) is 59.6 Å². The summed E-state index contributed by atoms with van der Waals surface area (Å²) in [4.78, 5) is 108. The van der Waals surface area contributed by atoms with E-state index in [1.54, 1.807) is 47.5 Å². The van der Waals surface area contributed by atoms with Crippen molar-refractivity contribution in [1.82, 2.24) is 55.3 Å². The Kier molecular flexibility index (Phi) is 17.3. The highest BCUT2D eigenvalue weighted by molar-refractivity contribution is 6.18. The SMILES string of the molecule is Cc1cccc(-c2[nH]c(CNc3ccc4c(c3)CCN(C(=O)OCc3ccc(NC(=O)[C@H](CCCNC(N)=O)NC(=O)[C@@H](NC(=O)CCCCCN5C(=O)C#CC5=O)C(C)C)cc3)C4)nc2-c2ccc3ncnn3c2)n1. The zero-order valence-electron chi connectivity index (χ0n) is 42.5. The minimum atomic E-state index is -1.04. The summed E-state index contributed by atoms with van der Waals surface area (Å²) in [6.45, 7) is 7.12. The number of benzene rings is 2. The minimum Gasteiger partial charge on any atom is -0.445 e. The van der Waals surface area contributed by atoms with E-state index in [9.17, 15) is 33.6 Å². The first kappa shape index (κ1) is 53.2. The minimum absolute atomic E-state index is 0.00557. The fourth-order valence-electron chi connectivity index (χ4n) is 8.79. The number of hydrogen-bond acceptors (Lipinski definition) is 13. The van der Waals surface area contributed by atoms with E-state index in [1.165, 1.54) is 6.33 Å². The summed E-state index contributed by atoms with van der Waals surface area (Å²) in [6, 6.07) is 19.9. The lowest BCUT2D eigenvalue weighted by Crippen LogP contribution is -2.54. The molecule has 0 unspecified atom stereocenters. The third kappa shape index (κ3) is 13.9. The Bertz CT molecular complexity index is 3170. The van der Waals surface area contributed by atoms with Crippen molar-refractivity contribution in [2.75, 3.05) is 30.3 Å². The van der Waals surface area contributed by atoms with Gasteiger partial charge in [0.2, 0.25) is 17.7 Å². The number of pyridine rings is 2. The molecule has 0 bridgehead atoms. The number of unbranched alkanes of at least 4 members (excludes halogenated alkanes) is 2. The molecule has 6 aromatic rings. The van der Waals surface area contributed by atoms with Crippen molar-refractivity contribution in [3.05, 3.63) is 114 Å². The van der Waals surface area contributed by atoms with E-state index in [-0.39, 0.29) is 44.4 Å². The molecular weight excluding hydrogens is 973 g/mol. The molecule has 22 heteroatoms. The van der Waals surface area contributed by atoms with Crippen molar-refractivity contribution < 1.29 is 38.3 Å². The summed E-state index contributed by atoms with van der Waals surface area (Å²) >= 11 is 0.